The van der Waals surface area contributed by atoms with Crippen molar-refractivity contribution in [2.45, 2.75) is 19.6 Å². The molecule has 0 radical (unpaired) electrons. The SMILES string of the molecule is O=c1c2cc(-c3cccc(-c4ccc5c(c4)Oc4cccc6c4N5c4ccccc4O6)c3)ccc2oc2ccc(S(c3ccccc3)(c3ccccc3)c3ccccc3)cc12. The lowest BCUT2D eigenvalue weighted by molar-refractivity contribution is 0.446. The van der Waals surface area contributed by atoms with Crippen molar-refractivity contribution in [2.24, 2.45) is 0 Å². The van der Waals surface area contributed by atoms with E-state index in [-0.39, 0.29) is 5.43 Å². The third-order valence-corrected chi connectivity index (χ3v) is 15.6. The molecular formula is C55H35NO4S. The van der Waals surface area contributed by atoms with Gasteiger partial charge in [0.25, 0.3) is 0 Å². The molecule has 1 aromatic heterocycles. The molecule has 9 aromatic carbocycles. The van der Waals surface area contributed by atoms with E-state index in [0.29, 0.717) is 21.9 Å². The maximum Gasteiger partial charge on any atom is 0.200 e. The highest BCUT2D eigenvalue weighted by atomic mass is 32.3. The van der Waals surface area contributed by atoms with Gasteiger partial charge in [-0.3, -0.25) is 9.69 Å². The molecule has 0 atom stereocenters. The van der Waals surface area contributed by atoms with Gasteiger partial charge in [0.1, 0.15) is 16.9 Å². The number of fused-ring (bicyclic) bond motifs is 6. The van der Waals surface area contributed by atoms with E-state index < -0.39 is 10.0 Å². The molecule has 0 bridgehead atoms. The lowest BCUT2D eigenvalue weighted by Gasteiger charge is -2.42. The Balaban J connectivity index is 0.956. The van der Waals surface area contributed by atoms with Crippen molar-refractivity contribution < 1.29 is 13.9 Å². The third kappa shape index (κ3) is 5.53. The first-order chi connectivity index (χ1) is 30.1. The van der Waals surface area contributed by atoms with Gasteiger partial charge in [-0.15, -0.1) is 10.0 Å². The van der Waals surface area contributed by atoms with Crippen LogP contribution in [0.4, 0.5) is 17.1 Å². The first-order valence-electron chi connectivity index (χ1n) is 20.3. The molecule has 0 amide bonds. The fourth-order valence-electron chi connectivity index (χ4n) is 8.96. The van der Waals surface area contributed by atoms with Crippen molar-refractivity contribution >= 4 is 49.0 Å². The standard InChI is InChI=1S/C55H35NO4S/c57-55-44-33-38(36-14-12-15-37(32-36)39-26-29-47-53(34-39)60-52-25-13-24-51-54(52)56(47)46-22-10-11-23-50(46)59-51)27-30-48(44)58-49-31-28-43(35-45(49)55)61(40-16-4-1-5-17-40,41-18-6-2-7-19-41)42-20-8-3-9-21-42/h1-35H. The first-order valence-corrected chi connectivity index (χ1v) is 21.9. The maximum absolute atomic E-state index is 14.7. The molecule has 0 N–H and O–H groups in total. The molecule has 0 saturated heterocycles. The number of rotatable bonds is 6. The van der Waals surface area contributed by atoms with Crippen molar-refractivity contribution in [1.29, 1.82) is 0 Å². The molecule has 0 spiro atoms. The second-order valence-corrected chi connectivity index (χ2v) is 18.3. The minimum atomic E-state index is -1.99. The van der Waals surface area contributed by atoms with E-state index in [1.165, 1.54) is 14.7 Å². The summed E-state index contributed by atoms with van der Waals surface area (Å²) in [7, 11) is -1.99. The van der Waals surface area contributed by atoms with Crippen LogP contribution < -0.4 is 19.8 Å². The average molecular weight is 806 g/mol. The quantitative estimate of drug-likeness (QED) is 0.157. The Kier molecular flexibility index (Phi) is 8.02. The van der Waals surface area contributed by atoms with E-state index in [1.807, 2.05) is 60.7 Å². The van der Waals surface area contributed by atoms with Gasteiger partial charge in [-0.25, -0.2) is 0 Å². The molecule has 10 aromatic rings. The third-order valence-electron chi connectivity index (χ3n) is 11.7. The number of hydrogen-bond acceptors (Lipinski definition) is 5. The van der Waals surface area contributed by atoms with Gasteiger partial charge >= 0.3 is 0 Å². The van der Waals surface area contributed by atoms with Crippen LogP contribution in [-0.2, 0) is 0 Å². The Morgan fingerprint density at radius 3 is 1.52 bits per heavy atom. The summed E-state index contributed by atoms with van der Waals surface area (Å²) in [5.41, 5.74) is 7.84. The molecule has 6 heteroatoms. The van der Waals surface area contributed by atoms with Gasteiger partial charge in [0.05, 0.1) is 22.1 Å². The minimum absolute atomic E-state index is 0.0569. The van der Waals surface area contributed by atoms with Gasteiger partial charge in [-0.2, -0.15) is 0 Å². The minimum Gasteiger partial charge on any atom is -0.456 e. The molecule has 290 valence electrons. The highest BCUT2D eigenvalue weighted by molar-refractivity contribution is 8.34. The molecule has 0 unspecified atom stereocenters. The van der Waals surface area contributed by atoms with Crippen LogP contribution in [0.5, 0.6) is 23.0 Å². The van der Waals surface area contributed by atoms with Gasteiger partial charge in [0.15, 0.2) is 23.0 Å². The van der Waals surface area contributed by atoms with Crippen LogP contribution in [0.1, 0.15) is 0 Å². The molecule has 0 fully saturated rings. The van der Waals surface area contributed by atoms with Crippen LogP contribution in [0.25, 0.3) is 44.2 Å². The first kappa shape index (κ1) is 35.2. The Labute approximate surface area is 353 Å². The van der Waals surface area contributed by atoms with E-state index in [2.05, 4.69) is 157 Å². The molecule has 2 aliphatic rings. The van der Waals surface area contributed by atoms with Crippen LogP contribution >= 0.6 is 10.0 Å². The Hall–Kier alpha value is -7.80. The number of para-hydroxylation sites is 3. The van der Waals surface area contributed by atoms with Crippen LogP contribution in [0.3, 0.4) is 0 Å². The van der Waals surface area contributed by atoms with Crippen molar-refractivity contribution in [1.82, 2.24) is 0 Å². The van der Waals surface area contributed by atoms with Crippen LogP contribution in [-0.4, -0.2) is 0 Å². The summed E-state index contributed by atoms with van der Waals surface area (Å²) in [6.07, 6.45) is 0. The van der Waals surface area contributed by atoms with Gasteiger partial charge in [0.2, 0.25) is 5.43 Å². The number of anilines is 3. The van der Waals surface area contributed by atoms with Gasteiger partial charge < -0.3 is 13.9 Å². The van der Waals surface area contributed by atoms with E-state index in [4.69, 9.17) is 13.9 Å². The smallest absolute Gasteiger partial charge is 0.200 e. The van der Waals surface area contributed by atoms with Crippen LogP contribution in [0, 0.1) is 0 Å². The summed E-state index contributed by atoms with van der Waals surface area (Å²) in [5.74, 6) is 3.07. The highest BCUT2D eigenvalue weighted by Crippen LogP contribution is 2.73. The number of nitrogens with zero attached hydrogens (tertiary/aromatic N) is 1. The van der Waals surface area contributed by atoms with E-state index >= 15 is 0 Å². The lowest BCUT2D eigenvalue weighted by Crippen LogP contribution is -2.20. The molecule has 3 heterocycles. The molecule has 61 heavy (non-hydrogen) atoms. The summed E-state index contributed by atoms with van der Waals surface area (Å²) in [4.78, 5) is 21.6. The Morgan fingerprint density at radius 2 is 0.852 bits per heavy atom. The van der Waals surface area contributed by atoms with E-state index in [0.717, 1.165) is 67.2 Å². The Morgan fingerprint density at radius 1 is 0.361 bits per heavy atom. The van der Waals surface area contributed by atoms with Crippen LogP contribution in [0.15, 0.2) is 241 Å². The van der Waals surface area contributed by atoms with E-state index in [9.17, 15) is 4.79 Å². The summed E-state index contributed by atoms with van der Waals surface area (Å²) in [6, 6.07) is 72.8. The zero-order valence-electron chi connectivity index (χ0n) is 32.7. The molecule has 0 saturated carbocycles. The van der Waals surface area contributed by atoms with Crippen LogP contribution in [0.2, 0.25) is 0 Å². The van der Waals surface area contributed by atoms with Crippen molar-refractivity contribution in [2.75, 3.05) is 4.90 Å². The normalized spacial score (nSPS) is 12.8. The number of benzene rings is 9. The van der Waals surface area contributed by atoms with Gasteiger partial charge in [-0.05, 0) is 131 Å². The monoisotopic (exact) mass is 805 g/mol. The fraction of sp³-hybridized carbons (Fsp3) is 0. The van der Waals surface area contributed by atoms with Crippen molar-refractivity contribution in [3.8, 4) is 45.3 Å². The largest absolute Gasteiger partial charge is 0.456 e. The predicted octanol–water partition coefficient (Wildman–Crippen LogP) is 15.3. The maximum atomic E-state index is 14.7. The van der Waals surface area contributed by atoms with Gasteiger partial charge in [0, 0.05) is 19.6 Å². The predicted molar refractivity (Wildman–Crippen MR) is 246 cm³/mol. The highest BCUT2D eigenvalue weighted by Gasteiger charge is 2.35. The van der Waals surface area contributed by atoms with Crippen molar-refractivity contribution in [3.63, 3.8) is 0 Å². The topological polar surface area (TPSA) is 51.9 Å². The van der Waals surface area contributed by atoms with Gasteiger partial charge in [-0.1, -0.05) is 103 Å². The summed E-state index contributed by atoms with van der Waals surface area (Å²) < 4.78 is 19.3. The fourth-order valence-corrected chi connectivity index (χ4v) is 12.9. The molecule has 2 aliphatic heterocycles. The second kappa shape index (κ2) is 13.9. The molecule has 12 rings (SSSR count). The molecule has 0 aliphatic carbocycles. The summed E-state index contributed by atoms with van der Waals surface area (Å²) in [5, 5.41) is 1.10. The zero-order valence-corrected chi connectivity index (χ0v) is 33.5. The Bertz CT molecular complexity index is 3310. The summed E-state index contributed by atoms with van der Waals surface area (Å²) in [6.45, 7) is 0. The molecule has 5 nitrogen and oxygen atoms in total. The second-order valence-electron chi connectivity index (χ2n) is 15.2. The van der Waals surface area contributed by atoms with Crippen molar-refractivity contribution in [3.05, 3.63) is 223 Å². The zero-order chi connectivity index (χ0) is 40.5. The van der Waals surface area contributed by atoms with E-state index in [1.54, 1.807) is 0 Å². The average Bonchev–Trinajstić information content (AvgIpc) is 3.33. The number of ether oxygens (including phenoxy) is 2. The lowest BCUT2D eigenvalue weighted by atomic mass is 9.97. The number of hydrogen-bond donors (Lipinski definition) is 0. The summed E-state index contributed by atoms with van der Waals surface area (Å²) >= 11 is 0. The molecular weight excluding hydrogens is 771 g/mol.